The van der Waals surface area contributed by atoms with E-state index in [0.717, 1.165) is 5.56 Å². The molecule has 0 spiro atoms. The van der Waals surface area contributed by atoms with E-state index in [1.54, 1.807) is 0 Å². The van der Waals surface area contributed by atoms with Crippen LogP contribution in [-0.2, 0) is 9.59 Å². The van der Waals surface area contributed by atoms with E-state index in [1.165, 1.54) is 6.92 Å². The van der Waals surface area contributed by atoms with E-state index in [0.29, 0.717) is 0 Å². The van der Waals surface area contributed by atoms with Gasteiger partial charge in [-0.1, -0.05) is 59.0 Å². The Labute approximate surface area is 111 Å². The Balaban J connectivity index is 0. The number of amides is 1. The van der Waals surface area contributed by atoms with Gasteiger partial charge in [-0.15, -0.1) is 0 Å². The number of nitrogens with one attached hydrogen (secondary N) is 1. The van der Waals surface area contributed by atoms with Gasteiger partial charge in [-0.3, -0.25) is 9.59 Å². The van der Waals surface area contributed by atoms with Crippen molar-refractivity contribution < 1.29 is 9.59 Å². The molecule has 0 radical (unpaired) electrons. The first-order chi connectivity index (χ1) is 7.52. The molecule has 0 saturated heterocycles. The van der Waals surface area contributed by atoms with Crippen LogP contribution in [0, 0.1) is 5.92 Å². The number of ketones is 1. The van der Waals surface area contributed by atoms with Crippen LogP contribution in [0.2, 0.25) is 0 Å². The Kier molecular flexibility index (Phi) is 8.79. The molecule has 0 saturated carbocycles. The summed E-state index contributed by atoms with van der Waals surface area (Å²) in [5, 5.41) is 2.69. The summed E-state index contributed by atoms with van der Waals surface area (Å²) in [6.45, 7) is 5.09. The molecule has 0 aliphatic heterocycles. The van der Waals surface area contributed by atoms with Gasteiger partial charge in [0.1, 0.15) is 6.04 Å². The number of hydrogen-bond donors (Lipinski definition) is 1. The summed E-state index contributed by atoms with van der Waals surface area (Å²) >= 11 is 0. The SMILES string of the molecule is C.C.CC(=O)N[C@@H](C(=O)C(C)C)c1ccccc1. The zero-order valence-corrected chi connectivity index (χ0v) is 9.86. The van der Waals surface area contributed by atoms with Crippen LogP contribution in [-0.4, -0.2) is 11.7 Å². The lowest BCUT2D eigenvalue weighted by Crippen LogP contribution is -2.34. The van der Waals surface area contributed by atoms with Crippen molar-refractivity contribution in [3.05, 3.63) is 35.9 Å². The number of Topliss-reactive ketones (excluding diaryl/α,β-unsaturated/α-hetero) is 1. The van der Waals surface area contributed by atoms with E-state index in [-0.39, 0.29) is 32.5 Å². The minimum Gasteiger partial charge on any atom is -0.342 e. The summed E-state index contributed by atoms with van der Waals surface area (Å²) in [5.74, 6) is -0.263. The summed E-state index contributed by atoms with van der Waals surface area (Å²) in [6, 6.07) is 8.77. The molecular weight excluding hydrogens is 226 g/mol. The van der Waals surface area contributed by atoms with Crippen molar-refractivity contribution in [2.75, 3.05) is 0 Å². The van der Waals surface area contributed by atoms with Gasteiger partial charge in [0.25, 0.3) is 0 Å². The zero-order valence-electron chi connectivity index (χ0n) is 9.86. The van der Waals surface area contributed by atoms with Gasteiger partial charge < -0.3 is 5.32 Å². The molecule has 102 valence electrons. The van der Waals surface area contributed by atoms with Crippen molar-refractivity contribution in [3.8, 4) is 0 Å². The van der Waals surface area contributed by atoms with Crippen molar-refractivity contribution in [1.82, 2.24) is 5.32 Å². The first-order valence-corrected chi connectivity index (χ1v) is 5.38. The normalized spacial score (nSPS) is 10.9. The van der Waals surface area contributed by atoms with Crippen LogP contribution in [0.15, 0.2) is 30.3 Å². The van der Waals surface area contributed by atoms with Crippen LogP contribution in [0.5, 0.6) is 0 Å². The van der Waals surface area contributed by atoms with Gasteiger partial charge in [0.2, 0.25) is 5.91 Å². The topological polar surface area (TPSA) is 46.2 Å². The van der Waals surface area contributed by atoms with Gasteiger partial charge in [-0.2, -0.15) is 0 Å². The van der Waals surface area contributed by atoms with Crippen molar-refractivity contribution >= 4 is 11.7 Å². The summed E-state index contributed by atoms with van der Waals surface area (Å²) < 4.78 is 0. The molecule has 1 amide bonds. The summed E-state index contributed by atoms with van der Waals surface area (Å²) in [4.78, 5) is 23.1. The minimum atomic E-state index is -0.529. The first-order valence-electron chi connectivity index (χ1n) is 5.38. The molecule has 1 aromatic rings. The van der Waals surface area contributed by atoms with Crippen molar-refractivity contribution in [2.45, 2.75) is 41.7 Å². The van der Waals surface area contributed by atoms with Gasteiger partial charge in [0.15, 0.2) is 5.78 Å². The molecule has 1 N–H and O–H groups in total. The van der Waals surface area contributed by atoms with Gasteiger partial charge in [0.05, 0.1) is 0 Å². The second-order valence-electron chi connectivity index (χ2n) is 4.10. The molecule has 0 bridgehead atoms. The fraction of sp³-hybridized carbons (Fsp3) is 0.467. The van der Waals surface area contributed by atoms with Gasteiger partial charge in [0, 0.05) is 12.8 Å². The highest BCUT2D eigenvalue weighted by atomic mass is 16.2. The third kappa shape index (κ3) is 5.13. The van der Waals surface area contributed by atoms with Crippen LogP contribution >= 0.6 is 0 Å². The van der Waals surface area contributed by atoms with Gasteiger partial charge >= 0.3 is 0 Å². The van der Waals surface area contributed by atoms with Crippen molar-refractivity contribution in [1.29, 1.82) is 0 Å². The average Bonchev–Trinajstić information content (AvgIpc) is 2.26. The smallest absolute Gasteiger partial charge is 0.217 e. The summed E-state index contributed by atoms with van der Waals surface area (Å²) in [6.07, 6.45) is 0. The van der Waals surface area contributed by atoms with Crippen LogP contribution in [0.3, 0.4) is 0 Å². The van der Waals surface area contributed by atoms with Crippen LogP contribution < -0.4 is 5.32 Å². The second kappa shape index (κ2) is 8.45. The maximum atomic E-state index is 12.0. The van der Waals surface area contributed by atoms with Crippen molar-refractivity contribution in [2.24, 2.45) is 5.92 Å². The lowest BCUT2D eigenvalue weighted by atomic mass is 9.95. The number of carbonyl (C=O) groups is 2. The molecule has 0 aliphatic carbocycles. The lowest BCUT2D eigenvalue weighted by Gasteiger charge is -2.19. The molecular formula is C15H25NO2. The molecule has 18 heavy (non-hydrogen) atoms. The second-order valence-corrected chi connectivity index (χ2v) is 4.10. The molecule has 0 aliphatic rings. The lowest BCUT2D eigenvalue weighted by molar-refractivity contribution is -0.128. The highest BCUT2D eigenvalue weighted by Crippen LogP contribution is 2.17. The number of carbonyl (C=O) groups excluding carboxylic acids is 2. The third-order valence-corrected chi connectivity index (χ3v) is 2.33. The quantitative estimate of drug-likeness (QED) is 0.892. The summed E-state index contributed by atoms with van der Waals surface area (Å²) in [7, 11) is 0. The Morgan fingerprint density at radius 2 is 1.56 bits per heavy atom. The highest BCUT2D eigenvalue weighted by molar-refractivity contribution is 5.90. The standard InChI is InChI=1S/C13H17NO2.2CH4/c1-9(2)13(16)12(14-10(3)15)11-7-5-4-6-8-11;;/h4-9,12H,1-3H3,(H,14,15);2*1H4/t12-;;/m1../s1. The fourth-order valence-corrected chi connectivity index (χ4v) is 1.50. The number of rotatable bonds is 4. The Bertz CT molecular complexity index is 371. The molecule has 1 aromatic carbocycles. The van der Waals surface area contributed by atoms with Gasteiger partial charge in [-0.05, 0) is 5.56 Å². The molecule has 0 unspecified atom stereocenters. The Hall–Kier alpha value is -1.64. The van der Waals surface area contributed by atoms with E-state index >= 15 is 0 Å². The summed E-state index contributed by atoms with van der Waals surface area (Å²) in [5.41, 5.74) is 0.830. The van der Waals surface area contributed by atoms with Crippen molar-refractivity contribution in [3.63, 3.8) is 0 Å². The maximum absolute atomic E-state index is 12.0. The fourth-order valence-electron chi connectivity index (χ4n) is 1.50. The Morgan fingerprint density at radius 1 is 1.06 bits per heavy atom. The van der Waals surface area contributed by atoms with Gasteiger partial charge in [-0.25, -0.2) is 0 Å². The first kappa shape index (κ1) is 18.7. The maximum Gasteiger partial charge on any atom is 0.217 e. The highest BCUT2D eigenvalue weighted by Gasteiger charge is 2.23. The molecule has 1 atom stereocenters. The van der Waals surface area contributed by atoms with E-state index in [2.05, 4.69) is 5.32 Å². The minimum absolute atomic E-state index is 0. The van der Waals surface area contributed by atoms with Crippen LogP contribution in [0.4, 0.5) is 0 Å². The molecule has 0 heterocycles. The third-order valence-electron chi connectivity index (χ3n) is 2.33. The zero-order chi connectivity index (χ0) is 12.1. The van der Waals surface area contributed by atoms with E-state index in [4.69, 9.17) is 0 Å². The van der Waals surface area contributed by atoms with E-state index in [9.17, 15) is 9.59 Å². The van der Waals surface area contributed by atoms with E-state index < -0.39 is 6.04 Å². The largest absolute Gasteiger partial charge is 0.342 e. The molecule has 1 rings (SSSR count). The average molecular weight is 251 g/mol. The van der Waals surface area contributed by atoms with Crippen LogP contribution in [0.1, 0.15) is 47.2 Å². The molecule has 3 heteroatoms. The molecule has 3 nitrogen and oxygen atoms in total. The number of hydrogen-bond acceptors (Lipinski definition) is 2. The van der Waals surface area contributed by atoms with E-state index in [1.807, 2.05) is 44.2 Å². The Morgan fingerprint density at radius 3 is 1.94 bits per heavy atom. The predicted molar refractivity (Wildman–Crippen MR) is 76.3 cm³/mol. The van der Waals surface area contributed by atoms with Crippen LogP contribution in [0.25, 0.3) is 0 Å². The predicted octanol–water partition coefficient (Wildman–Crippen LogP) is 3.36. The number of benzene rings is 1. The molecule has 0 fully saturated rings. The monoisotopic (exact) mass is 251 g/mol. The molecule has 0 aromatic heterocycles.